The Kier molecular flexibility index (Phi) is 21.9. The Morgan fingerprint density at radius 2 is 1.63 bits per heavy atom. The maximum Gasteiger partial charge on any atom is 0.328 e. The van der Waals surface area contributed by atoms with Gasteiger partial charge in [-0.3, -0.25) is 33.3 Å². The highest BCUT2D eigenvalue weighted by atomic mass is 16.6. The number of H-pyrrole nitrogens is 1. The van der Waals surface area contributed by atoms with E-state index in [9.17, 15) is 38.4 Å². The highest BCUT2D eigenvalue weighted by Gasteiger charge is 2.30. The van der Waals surface area contributed by atoms with Gasteiger partial charge in [0.1, 0.15) is 17.6 Å². The number of unbranched alkanes of at least 4 members (excludes halogenated alkanes) is 3. The van der Waals surface area contributed by atoms with Gasteiger partial charge in [0.05, 0.1) is 40.0 Å². The highest BCUT2D eigenvalue weighted by molar-refractivity contribution is 5.96. The van der Waals surface area contributed by atoms with Crippen LogP contribution in [0.2, 0.25) is 1.41 Å². The molecule has 2 heterocycles. The van der Waals surface area contributed by atoms with Crippen LogP contribution in [0.3, 0.4) is 0 Å². The lowest BCUT2D eigenvalue weighted by Gasteiger charge is -2.24. The minimum Gasteiger partial charge on any atom is -0.493 e. The number of anilines is 1. The molecular weight excluding hydrogens is 923 g/mol. The number of nitrogens with zero attached hydrogens (tertiary/aromatic N) is 3. The summed E-state index contributed by atoms with van der Waals surface area (Å²) in [5.41, 5.74) is 7.96. The van der Waals surface area contributed by atoms with E-state index in [1.807, 2.05) is 6.92 Å². The van der Waals surface area contributed by atoms with Crippen molar-refractivity contribution >= 4 is 64.6 Å². The van der Waals surface area contributed by atoms with E-state index in [0.717, 1.165) is 24.5 Å². The quantitative estimate of drug-likeness (QED) is 0.0196. The number of ether oxygens (including phenoxy) is 5. The molecule has 4 rings (SSSR count). The lowest BCUT2D eigenvalue weighted by molar-refractivity contribution is -0.149. The molecule has 0 aliphatic carbocycles. The van der Waals surface area contributed by atoms with Gasteiger partial charge in [-0.25, -0.2) is 9.59 Å². The lowest BCUT2D eigenvalue weighted by Crippen LogP contribution is -2.55. The molecule has 0 fully saturated rings. The average Bonchev–Trinajstić information content (AvgIpc) is 3.66. The van der Waals surface area contributed by atoms with Crippen LogP contribution in [0.4, 0.5) is 5.82 Å². The van der Waals surface area contributed by atoms with Crippen LogP contribution in [0.15, 0.2) is 53.3 Å². The van der Waals surface area contributed by atoms with E-state index < -0.39 is 65.9 Å². The number of rotatable bonds is 29. The summed E-state index contributed by atoms with van der Waals surface area (Å²) in [5, 5.41) is 8.18. The minimum absolute atomic E-state index is 0.0216. The fourth-order valence-electron chi connectivity index (χ4n) is 6.76. The van der Waals surface area contributed by atoms with Crippen LogP contribution in [0.25, 0.3) is 17.2 Å². The molecule has 0 unspecified atom stereocenters. The van der Waals surface area contributed by atoms with Gasteiger partial charge >= 0.3 is 29.6 Å². The third-order valence-corrected chi connectivity index (χ3v) is 10.5. The zero-order chi connectivity index (χ0) is 52.7. The number of imidazole rings is 1. The summed E-state index contributed by atoms with van der Waals surface area (Å²) >= 11 is 0. The number of carbonyl (C=O) groups excluding carboxylic acids is 7. The molecule has 4 amide bonds. The monoisotopic (exact) mass is 988 g/mol. The van der Waals surface area contributed by atoms with Crippen molar-refractivity contribution in [3.05, 3.63) is 75.7 Å². The number of nitrogens with one attached hydrogen (secondary N) is 5. The number of nitrogen functional groups attached to an aromatic ring is 1. The third kappa shape index (κ3) is 17.9. The SMILES string of the molecule is [2H]N(C(=O)CNC(=O)/C=C/c1ccc(OC(=O)CCCCCNC(=O)c2ccc(Cn3c(=O)[nH]c4c(N)nc(OCCCC)nc43)cc2)c(OC)c1)[C@H](C(=O)N[C@@H](CCC(=O)OCC)C(=O)OCC)C(C)C. The Morgan fingerprint density at radius 3 is 2.32 bits per heavy atom. The molecular formula is C49H65N9O13. The number of aromatic nitrogens is 4. The predicted molar refractivity (Wildman–Crippen MR) is 261 cm³/mol. The minimum atomic E-state index is -1.35. The molecule has 22 heteroatoms. The molecule has 384 valence electrons. The Morgan fingerprint density at radius 1 is 0.887 bits per heavy atom. The summed E-state index contributed by atoms with van der Waals surface area (Å²) in [4.78, 5) is 113. The number of esters is 3. The van der Waals surface area contributed by atoms with Gasteiger partial charge in [-0.1, -0.05) is 51.8 Å². The largest absolute Gasteiger partial charge is 0.493 e. The van der Waals surface area contributed by atoms with Gasteiger partial charge in [0.15, 0.2) is 24.4 Å². The number of aromatic amines is 1. The summed E-state index contributed by atoms with van der Waals surface area (Å²) in [6.07, 6.45) is 5.86. The Balaban J connectivity index is 1.18. The summed E-state index contributed by atoms with van der Waals surface area (Å²) in [7, 11) is 1.39. The van der Waals surface area contributed by atoms with Crippen LogP contribution in [-0.4, -0.2) is 113 Å². The average molecular weight is 989 g/mol. The Labute approximate surface area is 412 Å². The number of carbonyl (C=O) groups is 7. The molecule has 4 aromatic rings. The molecule has 7 N–H and O–H groups in total. The van der Waals surface area contributed by atoms with Gasteiger partial charge in [-0.2, -0.15) is 9.97 Å². The van der Waals surface area contributed by atoms with Gasteiger partial charge < -0.3 is 55.7 Å². The molecule has 0 saturated heterocycles. The first-order valence-electron chi connectivity index (χ1n) is 24.0. The van der Waals surface area contributed by atoms with E-state index in [0.29, 0.717) is 60.0 Å². The van der Waals surface area contributed by atoms with Gasteiger partial charge in [0.2, 0.25) is 17.7 Å². The topological polar surface area (TPSA) is 303 Å². The Bertz CT molecular complexity index is 2600. The van der Waals surface area contributed by atoms with Crippen LogP contribution in [-0.2, 0) is 44.8 Å². The fourth-order valence-corrected chi connectivity index (χ4v) is 6.76. The van der Waals surface area contributed by atoms with Crippen LogP contribution in [0.5, 0.6) is 17.5 Å². The predicted octanol–water partition coefficient (Wildman–Crippen LogP) is 3.49. The molecule has 2 aromatic heterocycles. The van der Waals surface area contributed by atoms with E-state index >= 15 is 0 Å². The first-order valence-corrected chi connectivity index (χ1v) is 23.5. The zero-order valence-electron chi connectivity index (χ0n) is 42.0. The Hall–Kier alpha value is -7.78. The van der Waals surface area contributed by atoms with E-state index in [1.165, 1.54) is 23.8 Å². The molecule has 0 aliphatic rings. The van der Waals surface area contributed by atoms with Crippen molar-refractivity contribution in [1.82, 2.24) is 40.8 Å². The lowest BCUT2D eigenvalue weighted by atomic mass is 10.0. The molecule has 0 radical (unpaired) electrons. The fraction of sp³-hybridized carbons (Fsp3) is 0.469. The van der Waals surface area contributed by atoms with Crippen molar-refractivity contribution in [3.63, 3.8) is 0 Å². The van der Waals surface area contributed by atoms with Crippen LogP contribution in [0.1, 0.15) is 107 Å². The zero-order valence-corrected chi connectivity index (χ0v) is 41.0. The second-order valence-corrected chi connectivity index (χ2v) is 16.4. The summed E-state index contributed by atoms with van der Waals surface area (Å²) in [6, 6.07) is 8.96. The van der Waals surface area contributed by atoms with Gasteiger partial charge in [0.25, 0.3) is 5.91 Å². The molecule has 2 atom stereocenters. The summed E-state index contributed by atoms with van der Waals surface area (Å²) in [5.74, 6) is -4.63. The number of hydrogen-bond donors (Lipinski definition) is 6. The number of nitrogens with two attached hydrogens (primary N) is 1. The molecule has 71 heavy (non-hydrogen) atoms. The summed E-state index contributed by atoms with van der Waals surface area (Å²) < 4.78 is 36.3. The first kappa shape index (κ1) is 54.2. The van der Waals surface area contributed by atoms with Crippen molar-refractivity contribution in [1.29, 1.82) is 0 Å². The second kappa shape index (κ2) is 28.6. The molecule has 0 spiro atoms. The molecule has 22 nitrogen and oxygen atoms in total. The molecule has 0 bridgehead atoms. The number of fused-ring (bicyclic) bond motifs is 1. The number of amides is 4. The maximum atomic E-state index is 13.3. The number of hydrogen-bond acceptors (Lipinski definition) is 16. The van der Waals surface area contributed by atoms with Crippen molar-refractivity contribution in [2.24, 2.45) is 5.92 Å². The second-order valence-electron chi connectivity index (χ2n) is 16.4. The molecule has 2 aromatic carbocycles. The van der Waals surface area contributed by atoms with E-state index in [4.69, 9.17) is 30.8 Å². The van der Waals surface area contributed by atoms with Gasteiger partial charge in [-0.15, -0.1) is 0 Å². The maximum absolute atomic E-state index is 13.3. The van der Waals surface area contributed by atoms with Gasteiger partial charge in [-0.05, 0) is 86.9 Å². The van der Waals surface area contributed by atoms with Crippen molar-refractivity contribution in [2.75, 3.05) is 45.8 Å². The van der Waals surface area contributed by atoms with Crippen molar-refractivity contribution in [2.45, 2.75) is 105 Å². The smallest absolute Gasteiger partial charge is 0.328 e. The number of methoxy groups -OCH3 is 1. The molecule has 0 saturated carbocycles. The van der Waals surface area contributed by atoms with Crippen LogP contribution < -0.4 is 46.9 Å². The third-order valence-electron chi connectivity index (χ3n) is 10.5. The molecule has 0 aliphatic heterocycles. The summed E-state index contributed by atoms with van der Waals surface area (Å²) in [6.45, 7) is 8.96. The van der Waals surface area contributed by atoms with Crippen LogP contribution in [0, 0.1) is 5.92 Å². The van der Waals surface area contributed by atoms with Crippen molar-refractivity contribution < 1.29 is 58.7 Å². The van der Waals surface area contributed by atoms with E-state index in [1.54, 1.807) is 64.1 Å². The first-order chi connectivity index (χ1) is 34.5. The standard InChI is InChI=1S/C49H65N9O13/c1-7-10-26-70-48-56-43(50)42-44(57-48)58(49(66)55-42)29-32-15-19-33(20-16-32)45(63)51-25-13-11-12-14-40(62)71-35-22-17-31(27-36(35)67-6)18-23-37(59)52-28-38(60)54-41(30(4)5)46(64)53-34(47(65)69-9-3)21-24-39(61)68-8-2/h15-20,22-23,27,30,34,41H,7-14,21,24-26,28-29H2,1-6H3,(H,51,63)(H,52,59)(H,53,64)(H,54,60)(H,55,66)(H2,50,56,57)/b23-18+/t34-,41-/m0/s1/i/hD. The number of benzene rings is 2. The van der Waals surface area contributed by atoms with E-state index in [2.05, 4.69) is 30.9 Å². The van der Waals surface area contributed by atoms with Crippen LogP contribution >= 0.6 is 0 Å². The van der Waals surface area contributed by atoms with E-state index in [-0.39, 0.29) is 68.3 Å². The van der Waals surface area contributed by atoms with Gasteiger partial charge in [0, 0.05) is 31.0 Å². The highest BCUT2D eigenvalue weighted by Crippen LogP contribution is 2.29. The normalized spacial score (nSPS) is 12.1. The van der Waals surface area contributed by atoms with Crippen molar-refractivity contribution in [3.8, 4) is 17.5 Å².